The zero-order valence-electron chi connectivity index (χ0n) is 14.1. The van der Waals surface area contributed by atoms with E-state index in [1.54, 1.807) is 6.92 Å². The van der Waals surface area contributed by atoms with Gasteiger partial charge in [-0.05, 0) is 25.8 Å². The second-order valence-electron chi connectivity index (χ2n) is 6.18. The minimum atomic E-state index is -0.219. The Morgan fingerprint density at radius 3 is 2.67 bits per heavy atom. The van der Waals surface area contributed by atoms with Crippen LogP contribution in [-0.2, 0) is 6.54 Å². The van der Waals surface area contributed by atoms with Crippen LogP contribution >= 0.6 is 0 Å². The third-order valence-corrected chi connectivity index (χ3v) is 4.42. The van der Waals surface area contributed by atoms with Gasteiger partial charge in [0.1, 0.15) is 11.6 Å². The van der Waals surface area contributed by atoms with Gasteiger partial charge in [-0.15, -0.1) is 0 Å². The predicted octanol–water partition coefficient (Wildman–Crippen LogP) is 3.08. The van der Waals surface area contributed by atoms with E-state index in [0.717, 1.165) is 24.5 Å². The van der Waals surface area contributed by atoms with Gasteiger partial charge in [0.2, 0.25) is 0 Å². The second-order valence-corrected chi connectivity index (χ2v) is 6.18. The SMILES string of the molecule is Cc1ocnc1C(=O)NCc1cccnc1N1CCCCCCC1. The lowest BCUT2D eigenvalue weighted by Gasteiger charge is -2.27. The van der Waals surface area contributed by atoms with Crippen molar-refractivity contribution in [3.05, 3.63) is 41.7 Å². The molecule has 24 heavy (non-hydrogen) atoms. The van der Waals surface area contributed by atoms with Gasteiger partial charge in [0.25, 0.3) is 5.91 Å². The van der Waals surface area contributed by atoms with Gasteiger partial charge in [-0.2, -0.15) is 0 Å². The summed E-state index contributed by atoms with van der Waals surface area (Å²) in [4.78, 5) is 23.1. The first-order chi connectivity index (χ1) is 11.8. The molecule has 3 rings (SSSR count). The summed E-state index contributed by atoms with van der Waals surface area (Å²) in [6.07, 6.45) is 9.39. The number of aryl methyl sites for hydroxylation is 1. The maximum Gasteiger partial charge on any atom is 0.273 e. The molecule has 0 unspecified atom stereocenters. The number of rotatable bonds is 4. The fourth-order valence-electron chi connectivity index (χ4n) is 3.09. The Balaban J connectivity index is 1.69. The number of amides is 1. The highest BCUT2D eigenvalue weighted by Crippen LogP contribution is 2.21. The van der Waals surface area contributed by atoms with Crippen LogP contribution in [0, 0.1) is 6.92 Å². The van der Waals surface area contributed by atoms with E-state index in [0.29, 0.717) is 18.0 Å². The molecule has 0 atom stereocenters. The van der Waals surface area contributed by atoms with Crippen molar-refractivity contribution < 1.29 is 9.21 Å². The maximum atomic E-state index is 12.2. The average molecular weight is 328 g/mol. The van der Waals surface area contributed by atoms with Crippen LogP contribution in [0.4, 0.5) is 5.82 Å². The lowest BCUT2D eigenvalue weighted by atomic mass is 10.1. The van der Waals surface area contributed by atoms with E-state index < -0.39 is 0 Å². The van der Waals surface area contributed by atoms with Crippen molar-refractivity contribution in [2.24, 2.45) is 0 Å². The summed E-state index contributed by atoms with van der Waals surface area (Å²) in [5, 5.41) is 2.92. The van der Waals surface area contributed by atoms with Crippen LogP contribution in [0.1, 0.15) is 53.9 Å². The number of nitrogens with zero attached hydrogens (tertiary/aromatic N) is 3. The van der Waals surface area contributed by atoms with Crippen LogP contribution in [0.15, 0.2) is 29.1 Å². The summed E-state index contributed by atoms with van der Waals surface area (Å²) in [7, 11) is 0. The number of aromatic nitrogens is 2. The van der Waals surface area contributed by atoms with Gasteiger partial charge in [-0.3, -0.25) is 4.79 Å². The van der Waals surface area contributed by atoms with Crippen molar-refractivity contribution in [2.75, 3.05) is 18.0 Å². The second kappa shape index (κ2) is 7.95. The molecule has 0 aliphatic carbocycles. The monoisotopic (exact) mass is 328 g/mol. The number of anilines is 1. The summed E-state index contributed by atoms with van der Waals surface area (Å²) in [6.45, 7) is 4.23. The molecule has 2 aromatic heterocycles. The normalized spacial score (nSPS) is 15.6. The zero-order chi connectivity index (χ0) is 16.8. The Bertz CT molecular complexity index is 675. The van der Waals surface area contributed by atoms with Crippen LogP contribution < -0.4 is 10.2 Å². The lowest BCUT2D eigenvalue weighted by Crippen LogP contribution is -2.30. The Kier molecular flexibility index (Phi) is 5.46. The lowest BCUT2D eigenvalue weighted by molar-refractivity contribution is 0.0945. The Morgan fingerprint density at radius 2 is 1.96 bits per heavy atom. The maximum absolute atomic E-state index is 12.2. The molecular formula is C18H24N4O2. The van der Waals surface area contributed by atoms with E-state index >= 15 is 0 Å². The van der Waals surface area contributed by atoms with Crippen molar-refractivity contribution in [2.45, 2.75) is 45.6 Å². The minimum absolute atomic E-state index is 0.219. The molecule has 0 radical (unpaired) electrons. The third kappa shape index (κ3) is 3.93. The number of hydrogen-bond acceptors (Lipinski definition) is 5. The molecule has 3 heterocycles. The number of nitrogens with one attached hydrogen (secondary N) is 1. The van der Waals surface area contributed by atoms with Gasteiger partial charge in [0.15, 0.2) is 12.1 Å². The van der Waals surface area contributed by atoms with Crippen LogP contribution in [-0.4, -0.2) is 29.0 Å². The predicted molar refractivity (Wildman–Crippen MR) is 91.9 cm³/mol. The molecule has 0 bridgehead atoms. The van der Waals surface area contributed by atoms with E-state index in [1.807, 2.05) is 18.3 Å². The fourth-order valence-corrected chi connectivity index (χ4v) is 3.09. The molecule has 1 amide bonds. The summed E-state index contributed by atoms with van der Waals surface area (Å²) >= 11 is 0. The van der Waals surface area contributed by atoms with Crippen LogP contribution in [0.2, 0.25) is 0 Å². The molecule has 1 N–H and O–H groups in total. The highest BCUT2D eigenvalue weighted by Gasteiger charge is 2.16. The number of hydrogen-bond donors (Lipinski definition) is 1. The molecule has 1 saturated heterocycles. The molecule has 6 nitrogen and oxygen atoms in total. The molecule has 0 saturated carbocycles. The molecule has 0 spiro atoms. The summed E-state index contributed by atoms with van der Waals surface area (Å²) < 4.78 is 5.09. The number of carbonyl (C=O) groups excluding carboxylic acids is 1. The molecule has 128 valence electrons. The van der Waals surface area contributed by atoms with E-state index in [2.05, 4.69) is 20.2 Å². The molecule has 1 aliphatic heterocycles. The Labute approximate surface area is 142 Å². The van der Waals surface area contributed by atoms with E-state index in [1.165, 1.54) is 38.5 Å². The first-order valence-corrected chi connectivity index (χ1v) is 8.63. The van der Waals surface area contributed by atoms with Gasteiger partial charge in [0.05, 0.1) is 0 Å². The largest absolute Gasteiger partial charge is 0.448 e. The fraction of sp³-hybridized carbons (Fsp3) is 0.500. The van der Waals surface area contributed by atoms with Gasteiger partial charge >= 0.3 is 0 Å². The Hall–Kier alpha value is -2.37. The van der Waals surface area contributed by atoms with Gasteiger partial charge in [-0.25, -0.2) is 9.97 Å². The van der Waals surface area contributed by atoms with Gasteiger partial charge < -0.3 is 14.6 Å². The van der Waals surface area contributed by atoms with Crippen molar-refractivity contribution in [1.82, 2.24) is 15.3 Å². The highest BCUT2D eigenvalue weighted by molar-refractivity contribution is 5.93. The van der Waals surface area contributed by atoms with Gasteiger partial charge in [-0.1, -0.05) is 25.3 Å². The smallest absolute Gasteiger partial charge is 0.273 e. The third-order valence-electron chi connectivity index (χ3n) is 4.42. The van der Waals surface area contributed by atoms with E-state index in [9.17, 15) is 4.79 Å². The van der Waals surface area contributed by atoms with E-state index in [-0.39, 0.29) is 5.91 Å². The molecule has 0 aromatic carbocycles. The van der Waals surface area contributed by atoms with Crippen molar-refractivity contribution in [3.8, 4) is 0 Å². The topological polar surface area (TPSA) is 71.3 Å². The summed E-state index contributed by atoms with van der Waals surface area (Å²) in [5.74, 6) is 1.29. The number of oxazole rings is 1. The first kappa shape index (κ1) is 16.5. The average Bonchev–Trinajstić information content (AvgIpc) is 2.99. The van der Waals surface area contributed by atoms with Crippen LogP contribution in [0.3, 0.4) is 0 Å². The van der Waals surface area contributed by atoms with Crippen molar-refractivity contribution in [3.63, 3.8) is 0 Å². The van der Waals surface area contributed by atoms with Crippen molar-refractivity contribution in [1.29, 1.82) is 0 Å². The first-order valence-electron chi connectivity index (χ1n) is 8.63. The quantitative estimate of drug-likeness (QED) is 0.934. The van der Waals surface area contributed by atoms with Crippen LogP contribution in [0.5, 0.6) is 0 Å². The van der Waals surface area contributed by atoms with Gasteiger partial charge in [0, 0.05) is 31.4 Å². The standard InChI is InChI=1S/C18H24N4O2/c1-14-16(21-13-24-14)18(23)20-12-15-8-7-9-19-17(15)22-10-5-3-2-4-6-11-22/h7-9,13H,2-6,10-12H2,1H3,(H,20,23). The summed E-state index contributed by atoms with van der Waals surface area (Å²) in [5.41, 5.74) is 1.37. The van der Waals surface area contributed by atoms with Crippen molar-refractivity contribution >= 4 is 11.7 Å². The Morgan fingerprint density at radius 1 is 1.21 bits per heavy atom. The molecule has 1 fully saturated rings. The highest BCUT2D eigenvalue weighted by atomic mass is 16.3. The molecule has 6 heteroatoms. The number of pyridine rings is 1. The summed E-state index contributed by atoms with van der Waals surface area (Å²) in [6, 6.07) is 3.94. The number of carbonyl (C=O) groups is 1. The molecular weight excluding hydrogens is 304 g/mol. The zero-order valence-corrected chi connectivity index (χ0v) is 14.1. The molecule has 1 aliphatic rings. The van der Waals surface area contributed by atoms with E-state index in [4.69, 9.17) is 4.42 Å². The van der Waals surface area contributed by atoms with Crippen LogP contribution in [0.25, 0.3) is 0 Å². The molecule has 2 aromatic rings. The minimum Gasteiger partial charge on any atom is -0.448 e.